The lowest BCUT2D eigenvalue weighted by molar-refractivity contribution is -0.123. The minimum absolute atomic E-state index is 0.175. The van der Waals surface area contributed by atoms with E-state index in [4.69, 9.17) is 0 Å². The summed E-state index contributed by atoms with van der Waals surface area (Å²) in [7, 11) is 0. The van der Waals surface area contributed by atoms with Crippen LogP contribution in [0.5, 0.6) is 0 Å². The Balaban J connectivity index is 1.42. The van der Waals surface area contributed by atoms with Crippen molar-refractivity contribution in [2.75, 3.05) is 39.3 Å². The van der Waals surface area contributed by atoms with Gasteiger partial charge in [-0.2, -0.15) is 0 Å². The summed E-state index contributed by atoms with van der Waals surface area (Å²) in [4.78, 5) is 17.0. The number of benzene rings is 1. The van der Waals surface area contributed by atoms with E-state index in [1.165, 1.54) is 50.8 Å². The molecule has 2 saturated heterocycles. The van der Waals surface area contributed by atoms with Crippen molar-refractivity contribution in [3.63, 3.8) is 0 Å². The summed E-state index contributed by atoms with van der Waals surface area (Å²) in [6, 6.07) is 12.0. The van der Waals surface area contributed by atoms with Gasteiger partial charge in [0.25, 0.3) is 0 Å². The van der Waals surface area contributed by atoms with E-state index in [0.717, 1.165) is 25.7 Å². The maximum absolute atomic E-state index is 11.9. The third kappa shape index (κ3) is 4.12. The summed E-state index contributed by atoms with van der Waals surface area (Å²) in [5, 5.41) is 2.93. The molecule has 2 aliphatic heterocycles. The number of hydrogen-bond donors (Lipinski definition) is 1. The molecule has 0 unspecified atom stereocenters. The number of likely N-dealkylation sites (N-methyl/N-ethyl adjacent to an activating group) is 1. The average Bonchev–Trinajstić information content (AvgIpc) is 3.50. The minimum Gasteiger partial charge on any atom is -0.355 e. The van der Waals surface area contributed by atoms with E-state index in [2.05, 4.69) is 45.4 Å². The number of nitrogens with zero attached hydrogens (tertiary/aromatic N) is 2. The molecule has 1 spiro atoms. The van der Waals surface area contributed by atoms with Gasteiger partial charge in [-0.15, -0.1) is 0 Å². The maximum Gasteiger partial charge on any atom is 0.234 e. The Morgan fingerprint density at radius 1 is 1.19 bits per heavy atom. The molecule has 1 amide bonds. The fourth-order valence-electron chi connectivity index (χ4n) is 5.10. The van der Waals surface area contributed by atoms with E-state index in [9.17, 15) is 4.79 Å². The monoisotopic (exact) mass is 355 g/mol. The van der Waals surface area contributed by atoms with E-state index in [1.807, 2.05) is 6.92 Å². The molecule has 0 bridgehead atoms. The highest BCUT2D eigenvalue weighted by atomic mass is 16.2. The Labute approximate surface area is 157 Å². The van der Waals surface area contributed by atoms with Crippen LogP contribution in [-0.4, -0.2) is 61.0 Å². The molecule has 1 atom stereocenters. The fraction of sp³-hybridized carbons (Fsp3) is 0.682. The molecule has 2 heterocycles. The zero-order valence-corrected chi connectivity index (χ0v) is 16.1. The number of carbonyl (C=O) groups is 1. The smallest absolute Gasteiger partial charge is 0.234 e. The van der Waals surface area contributed by atoms with Crippen LogP contribution in [0.4, 0.5) is 0 Å². The maximum atomic E-state index is 11.9. The Hall–Kier alpha value is -1.39. The lowest BCUT2D eigenvalue weighted by Gasteiger charge is -2.50. The number of rotatable bonds is 5. The van der Waals surface area contributed by atoms with Gasteiger partial charge in [-0.05, 0) is 69.0 Å². The third-order valence-electron chi connectivity index (χ3n) is 6.66. The Morgan fingerprint density at radius 3 is 2.58 bits per heavy atom. The van der Waals surface area contributed by atoms with Crippen LogP contribution in [0, 0.1) is 5.41 Å². The summed E-state index contributed by atoms with van der Waals surface area (Å²) in [5.41, 5.74) is 1.96. The first-order valence-corrected chi connectivity index (χ1v) is 10.5. The molecule has 4 heteroatoms. The molecule has 1 N–H and O–H groups in total. The Bertz CT molecular complexity index is 605. The highest BCUT2D eigenvalue weighted by Crippen LogP contribution is 2.47. The van der Waals surface area contributed by atoms with Crippen LogP contribution in [0.3, 0.4) is 0 Å². The van der Waals surface area contributed by atoms with Crippen LogP contribution in [-0.2, 0) is 4.79 Å². The SMILES string of the molecule is CCNC(=O)CN1CCC2(CC1)C[C@@H](c1ccccc1)CN(C1CC1)C2. The number of carbonyl (C=O) groups excluding carboxylic acids is 1. The van der Waals surface area contributed by atoms with Crippen LogP contribution < -0.4 is 5.32 Å². The molecule has 1 aromatic rings. The molecule has 0 radical (unpaired) electrons. The number of nitrogens with one attached hydrogen (secondary N) is 1. The summed E-state index contributed by atoms with van der Waals surface area (Å²) in [6.07, 6.45) is 6.56. The Kier molecular flexibility index (Phi) is 5.32. The van der Waals surface area contributed by atoms with Gasteiger partial charge >= 0.3 is 0 Å². The fourth-order valence-corrected chi connectivity index (χ4v) is 5.10. The van der Waals surface area contributed by atoms with E-state index < -0.39 is 0 Å². The summed E-state index contributed by atoms with van der Waals surface area (Å²) in [6.45, 7) is 7.93. The molecular weight excluding hydrogens is 322 g/mol. The van der Waals surface area contributed by atoms with Gasteiger partial charge < -0.3 is 5.32 Å². The van der Waals surface area contributed by atoms with Gasteiger partial charge in [0.05, 0.1) is 6.54 Å². The van der Waals surface area contributed by atoms with Crippen molar-refractivity contribution in [3.05, 3.63) is 35.9 Å². The number of amides is 1. The molecule has 1 aliphatic carbocycles. The normalized spacial score (nSPS) is 26.7. The molecule has 1 saturated carbocycles. The molecule has 26 heavy (non-hydrogen) atoms. The Morgan fingerprint density at radius 2 is 1.92 bits per heavy atom. The second-order valence-electron chi connectivity index (χ2n) is 8.70. The standard InChI is InChI=1S/C22H33N3O/c1-2-23-21(26)16-24-12-10-22(11-13-24)14-19(18-6-4-3-5-7-18)15-25(17-22)20-8-9-20/h3-7,19-20H,2,8-17H2,1H3,(H,23,26)/t19-/m1/s1. The van der Waals surface area contributed by atoms with Gasteiger partial charge in [-0.3, -0.25) is 14.6 Å². The first kappa shape index (κ1) is 18.0. The van der Waals surface area contributed by atoms with E-state index in [1.54, 1.807) is 0 Å². The summed E-state index contributed by atoms with van der Waals surface area (Å²) < 4.78 is 0. The van der Waals surface area contributed by atoms with Gasteiger partial charge in [-0.1, -0.05) is 30.3 Å². The number of likely N-dealkylation sites (tertiary alicyclic amines) is 2. The van der Waals surface area contributed by atoms with Gasteiger partial charge in [0.1, 0.15) is 0 Å². The second-order valence-corrected chi connectivity index (χ2v) is 8.70. The van der Waals surface area contributed by atoms with Gasteiger partial charge in [-0.25, -0.2) is 0 Å². The minimum atomic E-state index is 0.175. The quantitative estimate of drug-likeness (QED) is 0.882. The van der Waals surface area contributed by atoms with Crippen LogP contribution in [0.1, 0.15) is 50.5 Å². The van der Waals surface area contributed by atoms with Crippen molar-refractivity contribution >= 4 is 5.91 Å². The molecule has 0 aromatic heterocycles. The van der Waals surface area contributed by atoms with Gasteiger partial charge in [0.2, 0.25) is 5.91 Å². The topological polar surface area (TPSA) is 35.6 Å². The van der Waals surface area contributed by atoms with E-state index >= 15 is 0 Å². The zero-order chi connectivity index (χ0) is 18.0. The van der Waals surface area contributed by atoms with Crippen LogP contribution in [0.15, 0.2) is 30.3 Å². The lowest BCUT2D eigenvalue weighted by atomic mass is 9.68. The largest absolute Gasteiger partial charge is 0.355 e. The van der Waals surface area contributed by atoms with Gasteiger partial charge in [0, 0.05) is 25.7 Å². The number of hydrogen-bond acceptors (Lipinski definition) is 3. The predicted octanol–water partition coefficient (Wildman–Crippen LogP) is 2.86. The average molecular weight is 356 g/mol. The zero-order valence-electron chi connectivity index (χ0n) is 16.1. The van der Waals surface area contributed by atoms with Crippen LogP contribution >= 0.6 is 0 Å². The number of piperidine rings is 2. The van der Waals surface area contributed by atoms with Crippen molar-refractivity contribution in [2.45, 2.75) is 51.0 Å². The van der Waals surface area contributed by atoms with Crippen molar-refractivity contribution in [2.24, 2.45) is 5.41 Å². The molecule has 4 nitrogen and oxygen atoms in total. The van der Waals surface area contributed by atoms with E-state index in [-0.39, 0.29) is 5.91 Å². The first-order chi connectivity index (χ1) is 12.7. The predicted molar refractivity (Wildman–Crippen MR) is 105 cm³/mol. The molecular formula is C22H33N3O. The molecule has 1 aromatic carbocycles. The van der Waals surface area contributed by atoms with Crippen LogP contribution in [0.25, 0.3) is 0 Å². The lowest BCUT2D eigenvalue weighted by Crippen LogP contribution is -2.53. The van der Waals surface area contributed by atoms with Crippen molar-refractivity contribution < 1.29 is 4.79 Å². The highest BCUT2D eigenvalue weighted by Gasteiger charge is 2.45. The van der Waals surface area contributed by atoms with E-state index in [0.29, 0.717) is 17.9 Å². The second kappa shape index (κ2) is 7.69. The highest BCUT2D eigenvalue weighted by molar-refractivity contribution is 5.77. The first-order valence-electron chi connectivity index (χ1n) is 10.5. The molecule has 3 aliphatic rings. The molecule has 142 valence electrons. The third-order valence-corrected chi connectivity index (χ3v) is 6.66. The molecule has 3 fully saturated rings. The van der Waals surface area contributed by atoms with Crippen molar-refractivity contribution in [1.29, 1.82) is 0 Å². The van der Waals surface area contributed by atoms with Crippen molar-refractivity contribution in [3.8, 4) is 0 Å². The summed E-state index contributed by atoms with van der Waals surface area (Å²) in [5.74, 6) is 0.842. The van der Waals surface area contributed by atoms with Gasteiger partial charge in [0.15, 0.2) is 0 Å². The summed E-state index contributed by atoms with van der Waals surface area (Å²) >= 11 is 0. The molecule has 4 rings (SSSR count). The van der Waals surface area contributed by atoms with Crippen molar-refractivity contribution in [1.82, 2.24) is 15.1 Å². The van der Waals surface area contributed by atoms with Crippen LogP contribution in [0.2, 0.25) is 0 Å².